The van der Waals surface area contributed by atoms with Gasteiger partial charge in [0.25, 0.3) is 0 Å². The van der Waals surface area contributed by atoms with Crippen LogP contribution in [0.2, 0.25) is 5.02 Å². The predicted molar refractivity (Wildman–Crippen MR) is 72.8 cm³/mol. The van der Waals surface area contributed by atoms with Gasteiger partial charge in [-0.15, -0.1) is 0 Å². The van der Waals surface area contributed by atoms with Crippen molar-refractivity contribution in [3.63, 3.8) is 0 Å². The Bertz CT molecular complexity index is 657. The van der Waals surface area contributed by atoms with Gasteiger partial charge in [-0.1, -0.05) is 11.6 Å². The second-order valence-corrected chi connectivity index (χ2v) is 6.31. The molecule has 1 rings (SSSR count). The lowest BCUT2D eigenvalue weighted by molar-refractivity contribution is -0.137. The normalized spacial score (nSPS) is 12.8. The Labute approximate surface area is 120 Å². The fraction of sp³-hybridized carbons (Fsp3) is 0.273. The van der Waals surface area contributed by atoms with E-state index in [1.165, 1.54) is 19.1 Å². The third-order valence-corrected chi connectivity index (χ3v) is 4.07. The monoisotopic (exact) mass is 321 g/mol. The quantitative estimate of drug-likeness (QED) is 0.844. The number of hydrogen-bond donors (Lipinski definition) is 2. The highest BCUT2D eigenvalue weighted by Crippen LogP contribution is 2.26. The summed E-state index contributed by atoms with van der Waals surface area (Å²) in [5.41, 5.74) is -0.389. The molecule has 1 aromatic rings. The molecule has 1 unspecified atom stereocenters. The Hall–Kier alpha value is -1.80. The van der Waals surface area contributed by atoms with E-state index in [2.05, 4.69) is 0 Å². The van der Waals surface area contributed by atoms with E-state index in [0.29, 0.717) is 4.31 Å². The van der Waals surface area contributed by atoms with Gasteiger partial charge in [-0.05, 0) is 25.1 Å². The first-order chi connectivity index (χ1) is 9.05. The van der Waals surface area contributed by atoms with Gasteiger partial charge in [0.2, 0.25) is 10.0 Å². The zero-order chi connectivity index (χ0) is 15.7. The second-order valence-electron chi connectivity index (χ2n) is 4.04. The van der Waals surface area contributed by atoms with E-state index >= 15 is 0 Å². The molecule has 0 aromatic heterocycles. The highest BCUT2D eigenvalue weighted by Gasteiger charge is 2.29. The zero-order valence-electron chi connectivity index (χ0n) is 10.6. The van der Waals surface area contributed by atoms with Crippen molar-refractivity contribution in [1.82, 2.24) is 0 Å². The van der Waals surface area contributed by atoms with Crippen LogP contribution in [0.5, 0.6) is 0 Å². The van der Waals surface area contributed by atoms with E-state index in [9.17, 15) is 18.0 Å². The number of rotatable bonds is 5. The van der Waals surface area contributed by atoms with Gasteiger partial charge < -0.3 is 10.2 Å². The Morgan fingerprint density at radius 3 is 2.25 bits per heavy atom. The number of carbonyl (C=O) groups is 2. The third-order valence-electron chi connectivity index (χ3n) is 2.50. The molecule has 0 radical (unpaired) electrons. The molecule has 0 heterocycles. The Balaban J connectivity index is 3.47. The van der Waals surface area contributed by atoms with Gasteiger partial charge in [0.15, 0.2) is 0 Å². The number of benzene rings is 1. The number of aromatic carboxylic acids is 1. The van der Waals surface area contributed by atoms with Crippen molar-refractivity contribution >= 4 is 39.3 Å². The molecule has 1 atom stereocenters. The molecule has 1 aromatic carbocycles. The summed E-state index contributed by atoms with van der Waals surface area (Å²) in [7, 11) is -3.90. The number of nitrogens with zero attached hydrogens (tertiary/aromatic N) is 1. The summed E-state index contributed by atoms with van der Waals surface area (Å²) in [4.78, 5) is 22.0. The molecule has 7 nitrogen and oxygen atoms in total. The zero-order valence-corrected chi connectivity index (χ0v) is 12.1. The lowest BCUT2D eigenvalue weighted by Gasteiger charge is -2.26. The molecule has 20 heavy (non-hydrogen) atoms. The van der Waals surface area contributed by atoms with E-state index in [0.717, 1.165) is 12.3 Å². The summed E-state index contributed by atoms with van der Waals surface area (Å²) < 4.78 is 24.1. The van der Waals surface area contributed by atoms with E-state index in [4.69, 9.17) is 21.8 Å². The van der Waals surface area contributed by atoms with Crippen LogP contribution in [-0.2, 0) is 14.8 Å². The van der Waals surface area contributed by atoms with Crippen LogP contribution in [0.3, 0.4) is 0 Å². The van der Waals surface area contributed by atoms with Crippen LogP contribution in [0, 0.1) is 0 Å². The van der Waals surface area contributed by atoms with Gasteiger partial charge in [0, 0.05) is 0 Å². The molecule has 0 spiro atoms. The molecule has 0 aliphatic carbocycles. The number of hydrogen-bond acceptors (Lipinski definition) is 4. The minimum Gasteiger partial charge on any atom is -0.480 e. The summed E-state index contributed by atoms with van der Waals surface area (Å²) in [5, 5.41) is 17.8. The van der Waals surface area contributed by atoms with Crippen LogP contribution in [0.25, 0.3) is 0 Å². The molecule has 0 amide bonds. The van der Waals surface area contributed by atoms with Gasteiger partial charge in [-0.3, -0.25) is 4.31 Å². The molecule has 0 fully saturated rings. The van der Waals surface area contributed by atoms with Crippen molar-refractivity contribution in [2.24, 2.45) is 0 Å². The molecule has 2 N–H and O–H groups in total. The highest BCUT2D eigenvalue weighted by atomic mass is 35.5. The van der Waals surface area contributed by atoms with Crippen molar-refractivity contribution in [2.75, 3.05) is 10.6 Å². The number of halogens is 1. The fourth-order valence-electron chi connectivity index (χ4n) is 1.62. The molecule has 9 heteroatoms. The number of sulfonamides is 1. The molecule has 0 saturated heterocycles. The number of carboxylic acids is 2. The number of aliphatic carboxylic acids is 1. The van der Waals surface area contributed by atoms with Gasteiger partial charge in [0.05, 0.1) is 22.5 Å². The highest BCUT2D eigenvalue weighted by molar-refractivity contribution is 7.92. The average Bonchev–Trinajstić information content (AvgIpc) is 2.29. The van der Waals surface area contributed by atoms with Crippen molar-refractivity contribution in [2.45, 2.75) is 13.0 Å². The van der Waals surface area contributed by atoms with Crippen LogP contribution in [-0.4, -0.2) is 42.9 Å². The smallest absolute Gasteiger partial charge is 0.337 e. The molecular formula is C11H12ClNO6S. The van der Waals surface area contributed by atoms with E-state index in [1.807, 2.05) is 0 Å². The maximum Gasteiger partial charge on any atom is 0.337 e. The largest absolute Gasteiger partial charge is 0.480 e. The molecule has 110 valence electrons. The fourth-order valence-corrected chi connectivity index (χ4v) is 2.98. The molecule has 0 aliphatic heterocycles. The van der Waals surface area contributed by atoms with Crippen molar-refractivity contribution in [3.8, 4) is 0 Å². The van der Waals surface area contributed by atoms with Crippen LogP contribution in [0.4, 0.5) is 5.69 Å². The molecular weight excluding hydrogens is 310 g/mol. The topological polar surface area (TPSA) is 112 Å². The first-order valence-electron chi connectivity index (χ1n) is 5.30. The Kier molecular flexibility index (Phi) is 4.61. The number of anilines is 1. The summed E-state index contributed by atoms with van der Waals surface area (Å²) in [5.74, 6) is -2.70. The summed E-state index contributed by atoms with van der Waals surface area (Å²) >= 11 is 5.69. The second kappa shape index (κ2) is 5.68. The Morgan fingerprint density at radius 1 is 1.30 bits per heavy atom. The summed E-state index contributed by atoms with van der Waals surface area (Å²) in [6.07, 6.45) is 0.835. The van der Waals surface area contributed by atoms with E-state index in [1.54, 1.807) is 0 Å². The lowest BCUT2D eigenvalue weighted by Crippen LogP contribution is -2.42. The first-order valence-corrected chi connectivity index (χ1v) is 7.53. The van der Waals surface area contributed by atoms with Gasteiger partial charge in [0.1, 0.15) is 6.04 Å². The summed E-state index contributed by atoms with van der Waals surface area (Å²) in [6, 6.07) is 2.08. The maximum absolute atomic E-state index is 11.7. The standard InChI is InChI=1S/C11H12ClNO6S/c1-6(10(14)15)13(20(2,18)19)7-3-4-9(12)8(5-7)11(16)17/h3-6H,1-2H3,(H,14,15)(H,16,17). The van der Waals surface area contributed by atoms with Crippen LogP contribution in [0.1, 0.15) is 17.3 Å². The molecule has 0 aliphatic rings. The van der Waals surface area contributed by atoms with Gasteiger partial charge >= 0.3 is 11.9 Å². The minimum absolute atomic E-state index is 0.0716. The van der Waals surface area contributed by atoms with E-state index in [-0.39, 0.29) is 16.3 Å². The molecule has 0 bridgehead atoms. The third kappa shape index (κ3) is 3.40. The van der Waals surface area contributed by atoms with Gasteiger partial charge in [-0.2, -0.15) is 0 Å². The minimum atomic E-state index is -3.90. The first kappa shape index (κ1) is 16.3. The van der Waals surface area contributed by atoms with Crippen LogP contribution >= 0.6 is 11.6 Å². The lowest BCUT2D eigenvalue weighted by atomic mass is 10.2. The summed E-state index contributed by atoms with van der Waals surface area (Å²) in [6.45, 7) is 1.18. The maximum atomic E-state index is 11.7. The van der Waals surface area contributed by atoms with Crippen molar-refractivity contribution in [3.05, 3.63) is 28.8 Å². The van der Waals surface area contributed by atoms with Crippen molar-refractivity contribution in [1.29, 1.82) is 0 Å². The number of carboxylic acid groups (broad SMARTS) is 2. The van der Waals surface area contributed by atoms with Crippen LogP contribution < -0.4 is 4.31 Å². The van der Waals surface area contributed by atoms with Crippen LogP contribution in [0.15, 0.2) is 18.2 Å². The van der Waals surface area contributed by atoms with E-state index < -0.39 is 28.0 Å². The average molecular weight is 322 g/mol. The SMILES string of the molecule is CC(C(=O)O)N(c1ccc(Cl)c(C(=O)O)c1)S(C)(=O)=O. The predicted octanol–water partition coefficient (Wildman–Crippen LogP) is 1.28. The molecule has 0 saturated carbocycles. The Morgan fingerprint density at radius 2 is 1.85 bits per heavy atom. The van der Waals surface area contributed by atoms with Gasteiger partial charge in [-0.25, -0.2) is 18.0 Å². The van der Waals surface area contributed by atoms with Crippen molar-refractivity contribution < 1.29 is 28.2 Å².